The molecule has 102 valence electrons. The van der Waals surface area contributed by atoms with Crippen LogP contribution in [0.15, 0.2) is 27.1 Å². The highest BCUT2D eigenvalue weighted by Crippen LogP contribution is 2.28. The molecule has 0 N–H and O–H groups in total. The highest BCUT2D eigenvalue weighted by Gasteiger charge is 2.38. The molecule has 2 rings (SSSR count). The molecule has 0 aliphatic carbocycles. The first kappa shape index (κ1) is 13.8. The smallest absolute Gasteiger partial charge is 0.470 e. The van der Waals surface area contributed by atoms with Gasteiger partial charge in [0.05, 0.1) is 4.47 Å². The molecule has 0 saturated heterocycles. The molecule has 2 aromatic rings. The molecular formula is C10H5BrF4N2O2. The molecule has 0 bridgehead atoms. The van der Waals surface area contributed by atoms with Crippen molar-refractivity contribution in [3.8, 4) is 5.75 Å². The Morgan fingerprint density at radius 1 is 1.26 bits per heavy atom. The predicted octanol–water partition coefficient (Wildman–Crippen LogP) is 3.57. The van der Waals surface area contributed by atoms with Crippen molar-refractivity contribution in [2.75, 3.05) is 0 Å². The second-order valence-electron chi connectivity index (χ2n) is 3.36. The van der Waals surface area contributed by atoms with E-state index >= 15 is 0 Å². The minimum absolute atomic E-state index is 0.173. The average Bonchev–Trinajstić information content (AvgIpc) is 2.79. The first-order valence-electron chi connectivity index (χ1n) is 4.83. The zero-order chi connectivity index (χ0) is 14.0. The molecule has 0 fully saturated rings. The summed E-state index contributed by atoms with van der Waals surface area (Å²) < 4.78 is 59.1. The van der Waals surface area contributed by atoms with Gasteiger partial charge in [0, 0.05) is 0 Å². The number of nitrogens with zero attached hydrogens (tertiary/aromatic N) is 2. The van der Waals surface area contributed by atoms with E-state index in [-0.39, 0.29) is 22.7 Å². The van der Waals surface area contributed by atoms with Gasteiger partial charge in [-0.1, -0.05) is 0 Å². The van der Waals surface area contributed by atoms with E-state index < -0.39 is 17.9 Å². The van der Waals surface area contributed by atoms with Crippen LogP contribution in [0.5, 0.6) is 5.75 Å². The van der Waals surface area contributed by atoms with Gasteiger partial charge in [0.2, 0.25) is 0 Å². The van der Waals surface area contributed by atoms with Gasteiger partial charge in [0.25, 0.3) is 5.89 Å². The van der Waals surface area contributed by atoms with Gasteiger partial charge in [-0.25, -0.2) is 4.39 Å². The summed E-state index contributed by atoms with van der Waals surface area (Å²) in [5.41, 5.74) is 0. The van der Waals surface area contributed by atoms with E-state index in [4.69, 9.17) is 4.74 Å². The maximum Gasteiger partial charge on any atom is 0.470 e. The lowest BCUT2D eigenvalue weighted by Crippen LogP contribution is -2.04. The highest BCUT2D eigenvalue weighted by molar-refractivity contribution is 9.10. The molecule has 0 amide bonds. The van der Waals surface area contributed by atoms with Crippen LogP contribution >= 0.6 is 15.9 Å². The molecule has 0 atom stereocenters. The lowest BCUT2D eigenvalue weighted by molar-refractivity contribution is -0.157. The van der Waals surface area contributed by atoms with Crippen molar-refractivity contribution < 1.29 is 26.7 Å². The van der Waals surface area contributed by atoms with Crippen molar-refractivity contribution in [1.82, 2.24) is 10.2 Å². The Kier molecular flexibility index (Phi) is 3.74. The van der Waals surface area contributed by atoms with Crippen LogP contribution in [0.2, 0.25) is 0 Å². The van der Waals surface area contributed by atoms with Crippen LogP contribution in [0.1, 0.15) is 11.8 Å². The lowest BCUT2D eigenvalue weighted by Gasteiger charge is -2.04. The monoisotopic (exact) mass is 340 g/mol. The molecule has 1 heterocycles. The molecular weight excluding hydrogens is 336 g/mol. The third-order valence-electron chi connectivity index (χ3n) is 1.96. The second kappa shape index (κ2) is 5.16. The number of aromatic nitrogens is 2. The van der Waals surface area contributed by atoms with Crippen molar-refractivity contribution in [3.63, 3.8) is 0 Å². The Morgan fingerprint density at radius 2 is 2.00 bits per heavy atom. The average molecular weight is 341 g/mol. The summed E-state index contributed by atoms with van der Waals surface area (Å²) in [6, 6.07) is 3.80. The van der Waals surface area contributed by atoms with Crippen LogP contribution in [0, 0.1) is 5.82 Å². The number of ether oxygens (including phenoxy) is 1. The predicted molar refractivity (Wildman–Crippen MR) is 57.7 cm³/mol. The van der Waals surface area contributed by atoms with E-state index in [9.17, 15) is 17.6 Å². The van der Waals surface area contributed by atoms with Crippen molar-refractivity contribution in [2.45, 2.75) is 12.8 Å². The minimum atomic E-state index is -4.69. The van der Waals surface area contributed by atoms with E-state index in [0.717, 1.165) is 6.07 Å². The van der Waals surface area contributed by atoms with Crippen LogP contribution in [0.3, 0.4) is 0 Å². The summed E-state index contributed by atoms with van der Waals surface area (Å²) in [7, 11) is 0. The number of benzene rings is 1. The van der Waals surface area contributed by atoms with Crippen molar-refractivity contribution in [3.05, 3.63) is 40.3 Å². The fraction of sp³-hybridized carbons (Fsp3) is 0.200. The SMILES string of the molecule is Fc1ccc(OCc2nnc(C(F)(F)F)o2)cc1Br. The molecule has 0 aliphatic heterocycles. The standard InChI is InChI=1S/C10H5BrF4N2O2/c11-6-3-5(1-2-7(6)12)18-4-8-16-17-9(19-8)10(13,14)15/h1-3H,4H2. The number of halogens is 5. The number of rotatable bonds is 3. The van der Waals surface area contributed by atoms with Gasteiger partial charge in [-0.15, -0.1) is 10.2 Å². The first-order chi connectivity index (χ1) is 8.86. The summed E-state index contributed by atoms with van der Waals surface area (Å²) in [6.45, 7) is -0.346. The molecule has 0 aliphatic rings. The van der Waals surface area contributed by atoms with Crippen molar-refractivity contribution in [1.29, 1.82) is 0 Å². The normalized spacial score (nSPS) is 11.6. The second-order valence-corrected chi connectivity index (χ2v) is 4.22. The molecule has 0 spiro atoms. The quantitative estimate of drug-likeness (QED) is 0.801. The fourth-order valence-corrected chi connectivity index (χ4v) is 1.50. The van der Waals surface area contributed by atoms with E-state index in [2.05, 4.69) is 30.5 Å². The highest BCUT2D eigenvalue weighted by atomic mass is 79.9. The molecule has 0 saturated carbocycles. The Hall–Kier alpha value is -1.64. The van der Waals surface area contributed by atoms with E-state index in [1.165, 1.54) is 12.1 Å². The van der Waals surface area contributed by atoms with E-state index in [1.807, 2.05) is 0 Å². The summed E-state index contributed by atoms with van der Waals surface area (Å²) >= 11 is 2.95. The first-order valence-corrected chi connectivity index (χ1v) is 5.63. The van der Waals surface area contributed by atoms with E-state index in [0.29, 0.717) is 0 Å². The Bertz CT molecular complexity index is 585. The number of hydrogen-bond donors (Lipinski definition) is 0. The number of hydrogen-bond acceptors (Lipinski definition) is 4. The van der Waals surface area contributed by atoms with Gasteiger partial charge in [0.1, 0.15) is 11.6 Å². The summed E-state index contributed by atoms with van der Waals surface area (Å²) in [6.07, 6.45) is -4.69. The molecule has 0 radical (unpaired) electrons. The molecule has 0 unspecified atom stereocenters. The number of alkyl halides is 3. The van der Waals surface area contributed by atoms with E-state index in [1.54, 1.807) is 0 Å². The van der Waals surface area contributed by atoms with Crippen LogP contribution < -0.4 is 4.74 Å². The zero-order valence-electron chi connectivity index (χ0n) is 9.04. The third-order valence-corrected chi connectivity index (χ3v) is 2.57. The molecule has 9 heteroatoms. The van der Waals surface area contributed by atoms with Gasteiger partial charge in [-0.2, -0.15) is 13.2 Å². The topological polar surface area (TPSA) is 48.2 Å². The van der Waals surface area contributed by atoms with Gasteiger partial charge >= 0.3 is 12.1 Å². The summed E-state index contributed by atoms with van der Waals surface area (Å²) in [5, 5.41) is 6.03. The third kappa shape index (κ3) is 3.43. The van der Waals surface area contributed by atoms with Gasteiger partial charge < -0.3 is 9.15 Å². The van der Waals surface area contributed by atoms with Crippen molar-refractivity contribution >= 4 is 15.9 Å². The van der Waals surface area contributed by atoms with Crippen LogP contribution in [0.25, 0.3) is 0 Å². The summed E-state index contributed by atoms with van der Waals surface area (Å²) in [5.74, 6) is -2.00. The van der Waals surface area contributed by atoms with Crippen molar-refractivity contribution in [2.24, 2.45) is 0 Å². The Labute approximate surface area is 112 Å². The molecule has 1 aromatic carbocycles. The minimum Gasteiger partial charge on any atom is -0.484 e. The van der Waals surface area contributed by atoms with Gasteiger partial charge in [0.15, 0.2) is 6.61 Å². The maximum atomic E-state index is 12.9. The van der Waals surface area contributed by atoms with Gasteiger partial charge in [-0.3, -0.25) is 0 Å². The Balaban J connectivity index is 2.02. The Morgan fingerprint density at radius 3 is 2.58 bits per heavy atom. The van der Waals surface area contributed by atoms with Crippen LogP contribution in [-0.2, 0) is 12.8 Å². The van der Waals surface area contributed by atoms with Gasteiger partial charge in [-0.05, 0) is 34.1 Å². The molecule has 19 heavy (non-hydrogen) atoms. The molecule has 1 aromatic heterocycles. The molecule has 4 nitrogen and oxygen atoms in total. The maximum absolute atomic E-state index is 12.9. The lowest BCUT2D eigenvalue weighted by atomic mass is 10.3. The van der Waals surface area contributed by atoms with Crippen LogP contribution in [0.4, 0.5) is 17.6 Å². The fourth-order valence-electron chi connectivity index (χ4n) is 1.14. The zero-order valence-corrected chi connectivity index (χ0v) is 10.6. The largest absolute Gasteiger partial charge is 0.484 e. The summed E-state index contributed by atoms with van der Waals surface area (Å²) in [4.78, 5) is 0. The van der Waals surface area contributed by atoms with Crippen LogP contribution in [-0.4, -0.2) is 10.2 Å².